The molecule has 0 saturated heterocycles. The van der Waals surface area contributed by atoms with E-state index in [4.69, 9.17) is 13.7 Å². The minimum atomic E-state index is -3.44. The maximum absolute atomic E-state index is 10.9. The largest absolute Gasteiger partial charge is 0.486 e. The van der Waals surface area contributed by atoms with Gasteiger partial charge in [-0.2, -0.15) is 8.42 Å². The van der Waals surface area contributed by atoms with Gasteiger partial charge in [-0.15, -0.1) is 0 Å². The van der Waals surface area contributed by atoms with Crippen LogP contribution in [0.1, 0.15) is 5.56 Å². The van der Waals surface area contributed by atoms with Crippen molar-refractivity contribution in [3.63, 3.8) is 0 Å². The molecule has 1 aromatic rings. The third-order valence-electron chi connectivity index (χ3n) is 2.10. The van der Waals surface area contributed by atoms with Crippen molar-refractivity contribution in [1.29, 1.82) is 0 Å². The summed E-state index contributed by atoms with van der Waals surface area (Å²) in [7, 11) is -3.44. The van der Waals surface area contributed by atoms with E-state index in [1.807, 2.05) is 0 Å². The fourth-order valence-electron chi connectivity index (χ4n) is 1.42. The van der Waals surface area contributed by atoms with E-state index in [0.29, 0.717) is 30.3 Å². The van der Waals surface area contributed by atoms with Gasteiger partial charge in [0.15, 0.2) is 11.5 Å². The predicted octanol–water partition coefficient (Wildman–Crippen LogP) is 1.70. The van der Waals surface area contributed by atoms with Crippen LogP contribution in [0.15, 0.2) is 16.6 Å². The Labute approximate surface area is 108 Å². The highest BCUT2D eigenvalue weighted by molar-refractivity contribution is 9.10. The molecule has 0 atom stereocenters. The van der Waals surface area contributed by atoms with Crippen molar-refractivity contribution in [3.05, 3.63) is 22.2 Å². The van der Waals surface area contributed by atoms with Crippen LogP contribution in [0.2, 0.25) is 0 Å². The molecule has 1 aromatic carbocycles. The summed E-state index contributed by atoms with van der Waals surface area (Å²) in [4.78, 5) is 0. The van der Waals surface area contributed by atoms with Crippen LogP contribution in [0.5, 0.6) is 11.5 Å². The van der Waals surface area contributed by atoms with Crippen molar-refractivity contribution in [3.8, 4) is 11.5 Å². The average Bonchev–Trinajstić information content (AvgIpc) is 2.26. The van der Waals surface area contributed by atoms with Crippen molar-refractivity contribution in [2.24, 2.45) is 0 Å². The zero-order valence-corrected chi connectivity index (χ0v) is 11.5. The molecule has 1 aliphatic heterocycles. The van der Waals surface area contributed by atoms with Gasteiger partial charge >= 0.3 is 0 Å². The molecular formula is C10H11BrO5S. The van der Waals surface area contributed by atoms with Crippen LogP contribution in [-0.2, 0) is 20.9 Å². The summed E-state index contributed by atoms with van der Waals surface area (Å²) in [6, 6.07) is 3.46. The number of benzene rings is 1. The summed E-state index contributed by atoms with van der Waals surface area (Å²) >= 11 is 3.34. The van der Waals surface area contributed by atoms with Crippen LogP contribution in [0.3, 0.4) is 0 Å². The first-order valence-electron chi connectivity index (χ1n) is 4.88. The maximum atomic E-state index is 10.9. The number of ether oxygens (including phenoxy) is 2. The van der Waals surface area contributed by atoms with Crippen LogP contribution in [0.4, 0.5) is 0 Å². The SMILES string of the molecule is CS(=O)(=O)OCc1cc(Br)c2c(c1)OCCO2. The van der Waals surface area contributed by atoms with Crippen LogP contribution in [0.25, 0.3) is 0 Å². The topological polar surface area (TPSA) is 61.8 Å². The molecule has 0 radical (unpaired) electrons. The first-order chi connectivity index (χ1) is 7.96. The molecule has 0 saturated carbocycles. The Morgan fingerprint density at radius 2 is 2.06 bits per heavy atom. The van der Waals surface area contributed by atoms with E-state index < -0.39 is 10.1 Å². The summed E-state index contributed by atoms with van der Waals surface area (Å²) in [5.74, 6) is 1.23. The Bertz CT molecular complexity index is 526. The van der Waals surface area contributed by atoms with E-state index in [1.165, 1.54) is 0 Å². The highest BCUT2D eigenvalue weighted by Gasteiger charge is 2.16. The van der Waals surface area contributed by atoms with E-state index in [9.17, 15) is 8.42 Å². The average molecular weight is 323 g/mol. The normalized spacial score (nSPS) is 14.7. The fraction of sp³-hybridized carbons (Fsp3) is 0.400. The molecule has 94 valence electrons. The van der Waals surface area contributed by atoms with Gasteiger partial charge in [0.05, 0.1) is 17.3 Å². The van der Waals surface area contributed by atoms with Crippen LogP contribution in [0, 0.1) is 0 Å². The van der Waals surface area contributed by atoms with Gasteiger partial charge in [0.1, 0.15) is 13.2 Å². The second-order valence-corrected chi connectivity index (χ2v) is 6.07. The molecule has 0 spiro atoms. The van der Waals surface area contributed by atoms with E-state index in [0.717, 1.165) is 10.7 Å². The van der Waals surface area contributed by atoms with E-state index >= 15 is 0 Å². The lowest BCUT2D eigenvalue weighted by Crippen LogP contribution is -2.16. The van der Waals surface area contributed by atoms with E-state index in [2.05, 4.69) is 15.9 Å². The zero-order chi connectivity index (χ0) is 12.5. The monoisotopic (exact) mass is 322 g/mol. The lowest BCUT2D eigenvalue weighted by Gasteiger charge is -2.20. The molecule has 0 N–H and O–H groups in total. The summed E-state index contributed by atoms with van der Waals surface area (Å²) in [6.07, 6.45) is 1.01. The molecule has 0 aromatic heterocycles. The molecule has 0 fully saturated rings. The number of fused-ring (bicyclic) bond motifs is 1. The molecule has 5 nitrogen and oxygen atoms in total. The molecule has 0 unspecified atom stereocenters. The molecular weight excluding hydrogens is 312 g/mol. The van der Waals surface area contributed by atoms with Crippen molar-refractivity contribution in [2.45, 2.75) is 6.61 Å². The first-order valence-corrected chi connectivity index (χ1v) is 7.49. The summed E-state index contributed by atoms with van der Waals surface area (Å²) in [5, 5.41) is 0. The molecule has 1 heterocycles. The van der Waals surface area contributed by atoms with Crippen LogP contribution in [-0.4, -0.2) is 27.9 Å². The lowest BCUT2D eigenvalue weighted by atomic mass is 10.2. The van der Waals surface area contributed by atoms with Gasteiger partial charge in [-0.25, -0.2) is 0 Å². The highest BCUT2D eigenvalue weighted by atomic mass is 79.9. The minimum Gasteiger partial charge on any atom is -0.486 e. The highest BCUT2D eigenvalue weighted by Crippen LogP contribution is 2.38. The second kappa shape index (κ2) is 4.83. The molecule has 7 heteroatoms. The third-order valence-corrected chi connectivity index (χ3v) is 3.23. The summed E-state index contributed by atoms with van der Waals surface area (Å²) in [5.41, 5.74) is 0.701. The number of hydrogen-bond acceptors (Lipinski definition) is 5. The van der Waals surface area contributed by atoms with Gasteiger partial charge in [-0.3, -0.25) is 4.18 Å². The van der Waals surface area contributed by atoms with Gasteiger partial charge in [0.25, 0.3) is 10.1 Å². The van der Waals surface area contributed by atoms with Crippen molar-refractivity contribution in [1.82, 2.24) is 0 Å². The standard InChI is InChI=1S/C10H11BrO5S/c1-17(12,13)16-6-7-4-8(11)10-9(5-7)14-2-3-15-10/h4-5H,2-3,6H2,1H3. The number of hydrogen-bond donors (Lipinski definition) is 0. The molecule has 0 bridgehead atoms. The minimum absolute atomic E-state index is 0.0198. The zero-order valence-electron chi connectivity index (χ0n) is 9.10. The second-order valence-electron chi connectivity index (χ2n) is 3.57. The third kappa shape index (κ3) is 3.34. The fourth-order valence-corrected chi connectivity index (χ4v) is 2.38. The Morgan fingerprint density at radius 3 is 2.76 bits per heavy atom. The first kappa shape index (κ1) is 12.7. The Morgan fingerprint density at radius 1 is 1.35 bits per heavy atom. The van der Waals surface area contributed by atoms with Crippen LogP contribution >= 0.6 is 15.9 Å². The van der Waals surface area contributed by atoms with E-state index in [1.54, 1.807) is 12.1 Å². The van der Waals surface area contributed by atoms with Crippen molar-refractivity contribution >= 4 is 26.0 Å². The lowest BCUT2D eigenvalue weighted by molar-refractivity contribution is 0.170. The van der Waals surface area contributed by atoms with Crippen molar-refractivity contribution < 1.29 is 22.1 Å². The molecule has 0 amide bonds. The van der Waals surface area contributed by atoms with Gasteiger partial charge in [0, 0.05) is 0 Å². The summed E-state index contributed by atoms with van der Waals surface area (Å²) < 4.78 is 38.1. The Hall–Kier alpha value is -0.790. The Balaban J connectivity index is 2.22. The van der Waals surface area contributed by atoms with Crippen molar-refractivity contribution in [2.75, 3.05) is 19.5 Å². The predicted molar refractivity (Wildman–Crippen MR) is 64.8 cm³/mol. The van der Waals surface area contributed by atoms with Crippen LogP contribution < -0.4 is 9.47 Å². The molecule has 1 aliphatic rings. The van der Waals surface area contributed by atoms with Gasteiger partial charge < -0.3 is 9.47 Å². The van der Waals surface area contributed by atoms with Gasteiger partial charge in [-0.05, 0) is 33.6 Å². The number of rotatable bonds is 3. The Kier molecular flexibility index (Phi) is 3.60. The van der Waals surface area contributed by atoms with Gasteiger partial charge in [0.2, 0.25) is 0 Å². The molecule has 2 rings (SSSR count). The van der Waals surface area contributed by atoms with Gasteiger partial charge in [-0.1, -0.05) is 0 Å². The molecule has 17 heavy (non-hydrogen) atoms. The maximum Gasteiger partial charge on any atom is 0.264 e. The smallest absolute Gasteiger partial charge is 0.264 e. The summed E-state index contributed by atoms with van der Waals surface area (Å²) in [6.45, 7) is 0.967. The quantitative estimate of drug-likeness (QED) is 0.792. The molecule has 0 aliphatic carbocycles. The van der Waals surface area contributed by atoms with E-state index in [-0.39, 0.29) is 6.61 Å². The number of halogens is 1.